The Labute approximate surface area is 84.0 Å². The predicted octanol–water partition coefficient (Wildman–Crippen LogP) is 1.81. The van der Waals surface area contributed by atoms with E-state index >= 15 is 0 Å². The molecule has 3 nitrogen and oxygen atoms in total. The van der Waals surface area contributed by atoms with Gasteiger partial charge in [-0.2, -0.15) is 0 Å². The van der Waals surface area contributed by atoms with Crippen LogP contribution < -0.4 is 5.73 Å². The molecule has 0 radical (unpaired) electrons. The normalized spacial score (nSPS) is 40.2. The molecule has 0 spiro atoms. The molecule has 76 valence electrons. The molecule has 2 N–H and O–H groups in total. The zero-order valence-electron chi connectivity index (χ0n) is 8.21. The predicted molar refractivity (Wildman–Crippen MR) is 52.4 cm³/mol. The molecular weight excluding hydrogens is 178 g/mol. The van der Waals surface area contributed by atoms with Crippen molar-refractivity contribution < 1.29 is 9.53 Å². The van der Waals surface area contributed by atoms with Crippen LogP contribution in [0.4, 0.5) is 4.79 Å². The Kier molecular flexibility index (Phi) is 1.95. The number of terminal acetylenes is 1. The van der Waals surface area contributed by atoms with Crippen LogP contribution in [-0.4, -0.2) is 11.7 Å². The fourth-order valence-corrected chi connectivity index (χ4v) is 2.73. The van der Waals surface area contributed by atoms with Gasteiger partial charge in [-0.3, -0.25) is 0 Å². The number of ether oxygens (including phenoxy) is 1. The van der Waals surface area contributed by atoms with Crippen LogP contribution in [0, 0.1) is 17.8 Å². The first-order valence-corrected chi connectivity index (χ1v) is 5.06. The second kappa shape index (κ2) is 2.91. The van der Waals surface area contributed by atoms with Gasteiger partial charge < -0.3 is 10.5 Å². The number of carbonyl (C=O) groups excluding carboxylic acids is 1. The van der Waals surface area contributed by atoms with E-state index in [0.29, 0.717) is 0 Å². The highest BCUT2D eigenvalue weighted by Gasteiger charge is 2.49. The van der Waals surface area contributed by atoms with Crippen LogP contribution >= 0.6 is 0 Å². The summed E-state index contributed by atoms with van der Waals surface area (Å²) in [6, 6.07) is 0. The smallest absolute Gasteiger partial charge is 0.405 e. The molecule has 0 unspecified atom stereocenters. The Morgan fingerprint density at radius 3 is 2.07 bits per heavy atom. The lowest BCUT2D eigenvalue weighted by atomic mass is 9.59. The summed E-state index contributed by atoms with van der Waals surface area (Å²) in [5.74, 6) is 2.90. The SMILES string of the molecule is C#CC12CCC(OC(N)=O)(CC1)CC2. The summed E-state index contributed by atoms with van der Waals surface area (Å²) in [6.45, 7) is 0. The Balaban J connectivity index is 2.09. The summed E-state index contributed by atoms with van der Waals surface area (Å²) >= 11 is 0. The van der Waals surface area contributed by atoms with Crippen molar-refractivity contribution in [3.05, 3.63) is 0 Å². The molecule has 0 aromatic carbocycles. The third kappa shape index (κ3) is 1.35. The maximum Gasteiger partial charge on any atom is 0.405 e. The molecule has 0 aliphatic heterocycles. The van der Waals surface area contributed by atoms with Gasteiger partial charge in [0.25, 0.3) is 0 Å². The maximum atomic E-state index is 10.8. The summed E-state index contributed by atoms with van der Waals surface area (Å²) in [6.07, 6.45) is 10.4. The number of fused-ring (bicyclic) bond motifs is 3. The standard InChI is InChI=1S/C11H15NO2/c1-2-10-3-6-11(7-4-10,8-5-10)14-9(12)13/h1H,3-8H2,(H2,12,13). The first-order chi connectivity index (χ1) is 6.60. The van der Waals surface area contributed by atoms with Gasteiger partial charge in [-0.05, 0) is 38.5 Å². The average Bonchev–Trinajstić information content (AvgIpc) is 2.19. The van der Waals surface area contributed by atoms with Gasteiger partial charge in [0, 0.05) is 5.41 Å². The van der Waals surface area contributed by atoms with E-state index in [4.69, 9.17) is 16.9 Å². The summed E-state index contributed by atoms with van der Waals surface area (Å²) < 4.78 is 5.23. The van der Waals surface area contributed by atoms with Crippen molar-refractivity contribution >= 4 is 6.09 Å². The van der Waals surface area contributed by atoms with Crippen LogP contribution in [0.3, 0.4) is 0 Å². The molecule has 3 saturated carbocycles. The molecule has 0 heterocycles. The van der Waals surface area contributed by atoms with Crippen LogP contribution in [0.2, 0.25) is 0 Å². The highest BCUT2D eigenvalue weighted by Crippen LogP contribution is 2.53. The second-order valence-corrected chi connectivity index (χ2v) is 4.53. The van der Waals surface area contributed by atoms with Gasteiger partial charge in [0.15, 0.2) is 0 Å². The van der Waals surface area contributed by atoms with Crippen LogP contribution in [0.1, 0.15) is 38.5 Å². The quantitative estimate of drug-likeness (QED) is 0.646. The van der Waals surface area contributed by atoms with Crippen molar-refractivity contribution in [2.45, 2.75) is 44.1 Å². The Bertz CT molecular complexity index is 278. The van der Waals surface area contributed by atoms with Gasteiger partial charge in [0.2, 0.25) is 0 Å². The van der Waals surface area contributed by atoms with E-state index in [1.807, 2.05) is 0 Å². The third-order valence-electron chi connectivity index (χ3n) is 3.80. The summed E-state index contributed by atoms with van der Waals surface area (Å²) in [7, 11) is 0. The number of amides is 1. The summed E-state index contributed by atoms with van der Waals surface area (Å²) in [4.78, 5) is 10.8. The summed E-state index contributed by atoms with van der Waals surface area (Å²) in [5.41, 5.74) is 4.86. The van der Waals surface area contributed by atoms with E-state index in [2.05, 4.69) is 5.92 Å². The molecule has 3 aliphatic rings. The number of hydrogen-bond donors (Lipinski definition) is 1. The topological polar surface area (TPSA) is 52.3 Å². The zero-order chi connectivity index (χ0) is 10.2. The second-order valence-electron chi connectivity index (χ2n) is 4.53. The number of carbonyl (C=O) groups is 1. The van der Waals surface area contributed by atoms with Gasteiger partial charge in [0.1, 0.15) is 5.60 Å². The molecule has 2 bridgehead atoms. The largest absolute Gasteiger partial charge is 0.443 e. The molecule has 3 heteroatoms. The van der Waals surface area contributed by atoms with Crippen molar-refractivity contribution in [1.29, 1.82) is 0 Å². The molecular formula is C11H15NO2. The summed E-state index contributed by atoms with van der Waals surface area (Å²) in [5, 5.41) is 0. The first-order valence-electron chi connectivity index (χ1n) is 5.06. The van der Waals surface area contributed by atoms with E-state index in [9.17, 15) is 4.79 Å². The molecule has 1 amide bonds. The fraction of sp³-hybridized carbons (Fsp3) is 0.727. The molecule has 3 rings (SSSR count). The van der Waals surface area contributed by atoms with Crippen LogP contribution in [0.5, 0.6) is 0 Å². The van der Waals surface area contributed by atoms with Crippen LogP contribution in [0.15, 0.2) is 0 Å². The lowest BCUT2D eigenvalue weighted by Crippen LogP contribution is -2.48. The maximum absolute atomic E-state index is 10.8. The van der Waals surface area contributed by atoms with Gasteiger partial charge >= 0.3 is 6.09 Å². The highest BCUT2D eigenvalue weighted by atomic mass is 16.6. The van der Waals surface area contributed by atoms with Gasteiger partial charge in [-0.25, -0.2) is 4.79 Å². The van der Waals surface area contributed by atoms with Crippen molar-refractivity contribution in [2.75, 3.05) is 0 Å². The van der Waals surface area contributed by atoms with E-state index in [-0.39, 0.29) is 11.0 Å². The highest BCUT2D eigenvalue weighted by molar-refractivity contribution is 5.65. The zero-order valence-corrected chi connectivity index (χ0v) is 8.21. The lowest BCUT2D eigenvalue weighted by molar-refractivity contribution is -0.0779. The van der Waals surface area contributed by atoms with E-state index in [1.54, 1.807) is 0 Å². The monoisotopic (exact) mass is 193 g/mol. The van der Waals surface area contributed by atoms with Gasteiger partial charge in [0.05, 0.1) is 0 Å². The fourth-order valence-electron chi connectivity index (χ4n) is 2.73. The number of nitrogens with two attached hydrogens (primary N) is 1. The molecule has 0 aromatic heterocycles. The van der Waals surface area contributed by atoms with Gasteiger partial charge in [-0.1, -0.05) is 5.92 Å². The van der Waals surface area contributed by atoms with Crippen LogP contribution in [0.25, 0.3) is 0 Å². The van der Waals surface area contributed by atoms with Crippen molar-refractivity contribution in [1.82, 2.24) is 0 Å². The van der Waals surface area contributed by atoms with Crippen molar-refractivity contribution in [3.63, 3.8) is 0 Å². The third-order valence-corrected chi connectivity index (χ3v) is 3.80. The Hall–Kier alpha value is -1.17. The molecule has 0 aromatic rings. The Morgan fingerprint density at radius 1 is 1.21 bits per heavy atom. The molecule has 0 atom stereocenters. The Morgan fingerprint density at radius 2 is 1.71 bits per heavy atom. The lowest BCUT2D eigenvalue weighted by Gasteiger charge is -2.50. The average molecular weight is 193 g/mol. The number of primary amides is 1. The van der Waals surface area contributed by atoms with E-state index in [1.165, 1.54) is 0 Å². The minimum atomic E-state index is -0.653. The molecule has 0 saturated heterocycles. The molecule has 3 fully saturated rings. The molecule has 14 heavy (non-hydrogen) atoms. The van der Waals surface area contributed by atoms with Crippen LogP contribution in [-0.2, 0) is 4.74 Å². The van der Waals surface area contributed by atoms with E-state index in [0.717, 1.165) is 38.5 Å². The molecule has 3 aliphatic carbocycles. The van der Waals surface area contributed by atoms with Gasteiger partial charge in [-0.15, -0.1) is 6.42 Å². The first kappa shape index (κ1) is 9.39. The van der Waals surface area contributed by atoms with E-state index < -0.39 is 6.09 Å². The minimum absolute atomic E-state index is 0.0861. The minimum Gasteiger partial charge on any atom is -0.443 e. The number of hydrogen-bond acceptors (Lipinski definition) is 2. The van der Waals surface area contributed by atoms with Crippen molar-refractivity contribution in [2.24, 2.45) is 11.1 Å². The number of rotatable bonds is 1. The van der Waals surface area contributed by atoms with Crippen molar-refractivity contribution in [3.8, 4) is 12.3 Å².